The molecule has 1 aliphatic rings. The topological polar surface area (TPSA) is 52.6 Å². The van der Waals surface area contributed by atoms with Crippen molar-refractivity contribution in [2.24, 2.45) is 5.41 Å². The molecule has 0 amide bonds. The average Bonchev–Trinajstić information content (AvgIpc) is 2.67. The van der Waals surface area contributed by atoms with Crippen LogP contribution >= 0.6 is 0 Å². The van der Waals surface area contributed by atoms with Crippen molar-refractivity contribution in [1.82, 2.24) is 10.2 Å². The van der Waals surface area contributed by atoms with Crippen molar-refractivity contribution in [1.29, 1.82) is 0 Å². The summed E-state index contributed by atoms with van der Waals surface area (Å²) < 4.78 is 0. The van der Waals surface area contributed by atoms with E-state index in [2.05, 4.69) is 24.1 Å². The molecule has 1 unspecified atom stereocenters. The third-order valence-electron chi connectivity index (χ3n) is 4.36. The molecule has 19 heavy (non-hydrogen) atoms. The van der Waals surface area contributed by atoms with E-state index in [1.165, 1.54) is 6.42 Å². The van der Waals surface area contributed by atoms with E-state index >= 15 is 0 Å². The highest BCUT2D eigenvalue weighted by Crippen LogP contribution is 2.29. The number of likely N-dealkylation sites (tertiary alicyclic amines) is 1. The lowest BCUT2D eigenvalue weighted by atomic mass is 9.90. The molecule has 4 nitrogen and oxygen atoms in total. The molecule has 1 atom stereocenters. The van der Waals surface area contributed by atoms with E-state index in [0.717, 1.165) is 26.1 Å². The van der Waals surface area contributed by atoms with Crippen molar-refractivity contribution in [2.75, 3.05) is 26.2 Å². The zero-order chi connectivity index (χ0) is 14.5. The van der Waals surface area contributed by atoms with Crippen LogP contribution in [-0.2, 0) is 4.79 Å². The molecule has 0 aromatic rings. The second-order valence-corrected chi connectivity index (χ2v) is 6.57. The van der Waals surface area contributed by atoms with Crippen molar-refractivity contribution in [2.45, 2.75) is 58.9 Å². The minimum atomic E-state index is -0.732. The van der Waals surface area contributed by atoms with Crippen LogP contribution in [0.1, 0.15) is 53.4 Å². The molecule has 0 spiro atoms. The van der Waals surface area contributed by atoms with Gasteiger partial charge in [-0.3, -0.25) is 4.79 Å². The number of likely N-dealkylation sites (N-methyl/N-ethyl adjacent to an activating group) is 1. The van der Waals surface area contributed by atoms with Gasteiger partial charge in [-0.25, -0.2) is 0 Å². The Kier molecular flexibility index (Phi) is 5.81. The Bertz CT molecular complexity index is 305. The fourth-order valence-corrected chi connectivity index (χ4v) is 3.08. The van der Waals surface area contributed by atoms with Crippen LogP contribution in [-0.4, -0.2) is 47.7 Å². The van der Waals surface area contributed by atoms with Crippen molar-refractivity contribution < 1.29 is 9.90 Å². The monoisotopic (exact) mass is 270 g/mol. The molecular formula is C15H30N2O2. The molecule has 1 fully saturated rings. The van der Waals surface area contributed by atoms with Crippen molar-refractivity contribution >= 4 is 5.97 Å². The molecule has 1 aliphatic heterocycles. The third-order valence-corrected chi connectivity index (χ3v) is 4.36. The van der Waals surface area contributed by atoms with Crippen LogP contribution in [0.15, 0.2) is 0 Å². The van der Waals surface area contributed by atoms with E-state index < -0.39 is 11.5 Å². The Hall–Kier alpha value is -0.610. The van der Waals surface area contributed by atoms with Crippen LogP contribution in [0.5, 0.6) is 0 Å². The number of hydrogen-bond acceptors (Lipinski definition) is 3. The smallest absolute Gasteiger partial charge is 0.323 e. The van der Waals surface area contributed by atoms with E-state index in [1.54, 1.807) is 0 Å². The summed E-state index contributed by atoms with van der Waals surface area (Å²) in [6.45, 7) is 12.5. The molecule has 0 saturated carbocycles. The van der Waals surface area contributed by atoms with Gasteiger partial charge in [-0.1, -0.05) is 27.7 Å². The maximum absolute atomic E-state index is 11.5. The van der Waals surface area contributed by atoms with E-state index in [9.17, 15) is 9.90 Å². The van der Waals surface area contributed by atoms with E-state index in [4.69, 9.17) is 0 Å². The van der Waals surface area contributed by atoms with Gasteiger partial charge in [0.2, 0.25) is 0 Å². The van der Waals surface area contributed by atoms with Crippen LogP contribution in [0.25, 0.3) is 0 Å². The number of aliphatic carboxylic acids is 1. The summed E-state index contributed by atoms with van der Waals surface area (Å²) in [7, 11) is 0. The maximum Gasteiger partial charge on any atom is 0.323 e. The van der Waals surface area contributed by atoms with Crippen LogP contribution in [0.2, 0.25) is 0 Å². The molecule has 0 aliphatic carbocycles. The largest absolute Gasteiger partial charge is 0.480 e. The molecule has 0 aromatic carbocycles. The van der Waals surface area contributed by atoms with Gasteiger partial charge in [-0.2, -0.15) is 0 Å². The van der Waals surface area contributed by atoms with E-state index in [0.29, 0.717) is 24.8 Å². The number of hydrogen-bond donors (Lipinski definition) is 2. The highest BCUT2D eigenvalue weighted by atomic mass is 16.4. The molecule has 4 heteroatoms. The summed E-state index contributed by atoms with van der Waals surface area (Å²) in [5, 5.41) is 12.6. The molecular weight excluding hydrogens is 240 g/mol. The maximum atomic E-state index is 11.5. The van der Waals surface area contributed by atoms with Crippen molar-refractivity contribution in [3.63, 3.8) is 0 Å². The van der Waals surface area contributed by atoms with Gasteiger partial charge in [0.05, 0.1) is 0 Å². The Morgan fingerprint density at radius 3 is 2.53 bits per heavy atom. The molecule has 0 bridgehead atoms. The lowest BCUT2D eigenvalue weighted by molar-refractivity contribution is -0.145. The lowest BCUT2D eigenvalue weighted by Crippen LogP contribution is -2.51. The SMILES string of the molecule is CCNC(CC)(CCCN1CCC(C)(C)C1)C(=O)O. The Morgan fingerprint density at radius 2 is 2.11 bits per heavy atom. The van der Waals surface area contributed by atoms with Crippen molar-refractivity contribution in [3.05, 3.63) is 0 Å². The van der Waals surface area contributed by atoms with E-state index in [1.807, 2.05) is 13.8 Å². The molecule has 1 saturated heterocycles. The lowest BCUT2D eigenvalue weighted by Gasteiger charge is -2.30. The average molecular weight is 270 g/mol. The standard InChI is InChI=1S/C15H30N2O2/c1-5-15(13(18)19,16-6-2)8-7-10-17-11-9-14(3,4)12-17/h16H,5-12H2,1-4H3,(H,18,19). The quantitative estimate of drug-likeness (QED) is 0.711. The van der Waals surface area contributed by atoms with Gasteiger partial charge in [-0.15, -0.1) is 0 Å². The number of nitrogens with one attached hydrogen (secondary N) is 1. The summed E-state index contributed by atoms with van der Waals surface area (Å²) in [6, 6.07) is 0. The molecule has 1 heterocycles. The zero-order valence-electron chi connectivity index (χ0n) is 13.0. The van der Waals surface area contributed by atoms with Crippen LogP contribution in [0.3, 0.4) is 0 Å². The highest BCUT2D eigenvalue weighted by Gasteiger charge is 2.35. The first kappa shape index (κ1) is 16.4. The summed E-state index contributed by atoms with van der Waals surface area (Å²) in [5.74, 6) is -0.710. The second-order valence-electron chi connectivity index (χ2n) is 6.57. The van der Waals surface area contributed by atoms with Gasteiger partial charge in [0.1, 0.15) is 5.54 Å². The fourth-order valence-electron chi connectivity index (χ4n) is 3.08. The Labute approximate surface area is 117 Å². The predicted octanol–water partition coefficient (Wildman–Crippen LogP) is 2.34. The summed E-state index contributed by atoms with van der Waals surface area (Å²) >= 11 is 0. The Morgan fingerprint density at radius 1 is 1.42 bits per heavy atom. The first-order valence-corrected chi connectivity index (χ1v) is 7.56. The highest BCUT2D eigenvalue weighted by molar-refractivity contribution is 5.78. The van der Waals surface area contributed by atoms with Crippen molar-refractivity contribution in [3.8, 4) is 0 Å². The molecule has 112 valence electrons. The number of carboxylic acid groups (broad SMARTS) is 1. The number of carbonyl (C=O) groups is 1. The van der Waals surface area contributed by atoms with Gasteiger partial charge in [0.15, 0.2) is 0 Å². The normalized spacial score (nSPS) is 22.3. The summed E-state index contributed by atoms with van der Waals surface area (Å²) in [6.07, 6.45) is 3.55. The first-order chi connectivity index (χ1) is 8.85. The molecule has 1 rings (SSSR count). The first-order valence-electron chi connectivity index (χ1n) is 7.56. The summed E-state index contributed by atoms with van der Waals surface area (Å²) in [4.78, 5) is 14.0. The Balaban J connectivity index is 2.43. The van der Waals surface area contributed by atoms with Crippen LogP contribution in [0, 0.1) is 5.41 Å². The predicted molar refractivity (Wildman–Crippen MR) is 78.4 cm³/mol. The zero-order valence-corrected chi connectivity index (χ0v) is 13.0. The molecule has 2 N–H and O–H groups in total. The third kappa shape index (κ3) is 4.46. The second kappa shape index (κ2) is 6.71. The van der Waals surface area contributed by atoms with Gasteiger partial charge in [0, 0.05) is 6.54 Å². The van der Waals surface area contributed by atoms with Crippen LogP contribution in [0.4, 0.5) is 0 Å². The fraction of sp³-hybridized carbons (Fsp3) is 0.933. The summed E-state index contributed by atoms with van der Waals surface area (Å²) in [5.41, 5.74) is -0.305. The minimum Gasteiger partial charge on any atom is -0.480 e. The van der Waals surface area contributed by atoms with Gasteiger partial charge < -0.3 is 15.3 Å². The number of rotatable bonds is 8. The van der Waals surface area contributed by atoms with Gasteiger partial charge >= 0.3 is 5.97 Å². The van der Waals surface area contributed by atoms with Gasteiger partial charge in [-0.05, 0) is 50.7 Å². The van der Waals surface area contributed by atoms with Crippen LogP contribution < -0.4 is 5.32 Å². The van der Waals surface area contributed by atoms with Gasteiger partial charge in [0.25, 0.3) is 0 Å². The number of carboxylic acids is 1. The van der Waals surface area contributed by atoms with E-state index in [-0.39, 0.29) is 0 Å². The molecule has 0 radical (unpaired) electrons. The number of nitrogens with zero attached hydrogens (tertiary/aromatic N) is 1. The molecule has 0 aromatic heterocycles. The minimum absolute atomic E-state index is 0.427.